The van der Waals surface area contributed by atoms with Gasteiger partial charge in [-0.3, -0.25) is 9.79 Å². The molecule has 0 aromatic carbocycles. The fraction of sp³-hybridized carbons (Fsp3) is 0.867. The first-order chi connectivity index (χ1) is 10.0. The van der Waals surface area contributed by atoms with E-state index in [-0.39, 0.29) is 11.8 Å². The average molecular weight is 297 g/mol. The number of nitrogens with zero attached hydrogens (tertiary/aromatic N) is 2. The van der Waals surface area contributed by atoms with Crippen molar-refractivity contribution in [3.8, 4) is 0 Å². The topological polar surface area (TPSA) is 68.8 Å². The van der Waals surface area contributed by atoms with Crippen LogP contribution in [0.25, 0.3) is 0 Å². The summed E-state index contributed by atoms with van der Waals surface area (Å²) < 4.78 is 0. The van der Waals surface area contributed by atoms with Gasteiger partial charge in [0.1, 0.15) is 0 Å². The number of hydrogen-bond donors (Lipinski definition) is 3. The summed E-state index contributed by atoms with van der Waals surface area (Å²) in [5.41, 5.74) is 0. The Morgan fingerprint density at radius 1 is 1.24 bits per heavy atom. The molecule has 1 amide bonds. The molecule has 122 valence electrons. The van der Waals surface area contributed by atoms with Gasteiger partial charge in [0.2, 0.25) is 5.91 Å². The van der Waals surface area contributed by atoms with E-state index in [2.05, 4.69) is 46.7 Å². The molecule has 21 heavy (non-hydrogen) atoms. The number of rotatable bonds is 9. The van der Waals surface area contributed by atoms with Crippen LogP contribution in [0.3, 0.4) is 0 Å². The first-order valence-electron chi connectivity index (χ1n) is 8.04. The highest BCUT2D eigenvalue weighted by Gasteiger charge is 2.28. The molecule has 1 fully saturated rings. The summed E-state index contributed by atoms with van der Waals surface area (Å²) >= 11 is 0. The highest BCUT2D eigenvalue weighted by atomic mass is 16.2. The number of nitrogens with one attached hydrogen (secondary N) is 3. The third-order valence-corrected chi connectivity index (χ3v) is 3.61. The zero-order valence-corrected chi connectivity index (χ0v) is 13.9. The van der Waals surface area contributed by atoms with Crippen LogP contribution in [-0.2, 0) is 4.79 Å². The second-order valence-corrected chi connectivity index (χ2v) is 5.83. The second kappa shape index (κ2) is 9.60. The van der Waals surface area contributed by atoms with E-state index in [0.717, 1.165) is 38.4 Å². The summed E-state index contributed by atoms with van der Waals surface area (Å²) in [5, 5.41) is 9.40. The summed E-state index contributed by atoms with van der Waals surface area (Å²) in [4.78, 5) is 18.3. The van der Waals surface area contributed by atoms with E-state index in [1.165, 1.54) is 0 Å². The zero-order chi connectivity index (χ0) is 15.7. The molecule has 0 saturated heterocycles. The number of guanidine groups is 1. The fourth-order valence-corrected chi connectivity index (χ4v) is 1.78. The van der Waals surface area contributed by atoms with Crippen molar-refractivity contribution in [2.24, 2.45) is 10.9 Å². The summed E-state index contributed by atoms with van der Waals surface area (Å²) in [6, 6.07) is 0.536. The number of amides is 1. The zero-order valence-electron chi connectivity index (χ0n) is 13.9. The van der Waals surface area contributed by atoms with E-state index >= 15 is 0 Å². The van der Waals surface area contributed by atoms with E-state index in [9.17, 15) is 4.79 Å². The minimum absolute atomic E-state index is 0.192. The first-order valence-corrected chi connectivity index (χ1v) is 8.04. The van der Waals surface area contributed by atoms with Crippen molar-refractivity contribution in [1.82, 2.24) is 20.9 Å². The van der Waals surface area contributed by atoms with Gasteiger partial charge in [0, 0.05) is 38.1 Å². The first kappa shape index (κ1) is 17.8. The third kappa shape index (κ3) is 7.90. The molecule has 1 aliphatic carbocycles. The molecule has 0 aromatic rings. The van der Waals surface area contributed by atoms with Crippen LogP contribution in [0.15, 0.2) is 4.99 Å². The molecule has 0 unspecified atom stereocenters. The van der Waals surface area contributed by atoms with Gasteiger partial charge in [0.05, 0.1) is 6.54 Å². The van der Waals surface area contributed by atoms with Crippen LogP contribution < -0.4 is 16.0 Å². The van der Waals surface area contributed by atoms with E-state index in [1.807, 2.05) is 6.92 Å². The lowest BCUT2D eigenvalue weighted by Crippen LogP contribution is -2.42. The minimum Gasteiger partial charge on any atom is -0.357 e. The molecule has 0 aromatic heterocycles. The maximum absolute atomic E-state index is 11.5. The van der Waals surface area contributed by atoms with E-state index < -0.39 is 0 Å². The molecule has 3 N–H and O–H groups in total. The molecule has 0 radical (unpaired) electrons. The van der Waals surface area contributed by atoms with Crippen molar-refractivity contribution < 1.29 is 4.79 Å². The van der Waals surface area contributed by atoms with Crippen LogP contribution in [0.1, 0.15) is 33.6 Å². The maximum Gasteiger partial charge on any atom is 0.223 e. The normalized spacial score (nSPS) is 15.4. The van der Waals surface area contributed by atoms with E-state index in [4.69, 9.17) is 0 Å². The lowest BCUT2D eigenvalue weighted by Gasteiger charge is -2.20. The highest BCUT2D eigenvalue weighted by Crippen LogP contribution is 2.28. The average Bonchev–Trinajstić information content (AvgIpc) is 3.27. The summed E-state index contributed by atoms with van der Waals surface area (Å²) in [6.45, 7) is 10.3. The Balaban J connectivity index is 2.19. The fourth-order valence-electron chi connectivity index (χ4n) is 1.78. The van der Waals surface area contributed by atoms with Crippen LogP contribution >= 0.6 is 0 Å². The highest BCUT2D eigenvalue weighted by molar-refractivity contribution is 5.81. The molecule has 1 rings (SSSR count). The Labute approximate surface area is 128 Å². The molecular weight excluding hydrogens is 266 g/mol. The quantitative estimate of drug-likeness (QED) is 0.327. The lowest BCUT2D eigenvalue weighted by atomic mass is 10.3. The van der Waals surface area contributed by atoms with Crippen molar-refractivity contribution in [3.63, 3.8) is 0 Å². The summed E-state index contributed by atoms with van der Waals surface area (Å²) in [7, 11) is 2.11. The predicted molar refractivity (Wildman–Crippen MR) is 87.5 cm³/mol. The lowest BCUT2D eigenvalue weighted by molar-refractivity contribution is -0.122. The van der Waals surface area contributed by atoms with Crippen molar-refractivity contribution in [1.29, 1.82) is 0 Å². The molecular formula is C15H31N5O. The number of carbonyl (C=O) groups is 1. The number of carbonyl (C=O) groups excluding carboxylic acids is 1. The van der Waals surface area contributed by atoms with Crippen LogP contribution in [0.5, 0.6) is 0 Å². The van der Waals surface area contributed by atoms with Crippen LogP contribution in [0.2, 0.25) is 0 Å². The van der Waals surface area contributed by atoms with E-state index in [0.29, 0.717) is 19.1 Å². The molecule has 6 heteroatoms. The Morgan fingerprint density at radius 2 is 1.90 bits per heavy atom. The number of likely N-dealkylation sites (N-methyl/N-ethyl adjacent to an activating group) is 1. The molecule has 6 nitrogen and oxygen atoms in total. The minimum atomic E-state index is 0.192. The van der Waals surface area contributed by atoms with Gasteiger partial charge in [0.15, 0.2) is 5.96 Å². The van der Waals surface area contributed by atoms with Gasteiger partial charge < -0.3 is 20.9 Å². The SMILES string of the molecule is CCNC(=NCCN(C)C(C)C)NCCNC(=O)C1CC1. The van der Waals surface area contributed by atoms with Gasteiger partial charge in [-0.05, 0) is 40.7 Å². The Kier molecular flexibility index (Phi) is 8.12. The molecule has 1 aliphatic rings. The Hall–Kier alpha value is -1.30. The van der Waals surface area contributed by atoms with Gasteiger partial charge in [-0.2, -0.15) is 0 Å². The summed E-state index contributed by atoms with van der Waals surface area (Å²) in [6.07, 6.45) is 2.10. The van der Waals surface area contributed by atoms with Crippen molar-refractivity contribution >= 4 is 11.9 Å². The van der Waals surface area contributed by atoms with Gasteiger partial charge in [-0.1, -0.05) is 0 Å². The maximum atomic E-state index is 11.5. The van der Waals surface area contributed by atoms with Crippen molar-refractivity contribution in [2.45, 2.75) is 39.7 Å². The van der Waals surface area contributed by atoms with Gasteiger partial charge in [-0.25, -0.2) is 0 Å². The largest absolute Gasteiger partial charge is 0.357 e. The number of hydrogen-bond acceptors (Lipinski definition) is 3. The molecule has 0 spiro atoms. The third-order valence-electron chi connectivity index (χ3n) is 3.61. The smallest absolute Gasteiger partial charge is 0.223 e. The van der Waals surface area contributed by atoms with Gasteiger partial charge >= 0.3 is 0 Å². The Morgan fingerprint density at radius 3 is 2.48 bits per heavy atom. The molecule has 0 bridgehead atoms. The van der Waals surface area contributed by atoms with Gasteiger partial charge in [-0.15, -0.1) is 0 Å². The molecule has 0 heterocycles. The van der Waals surface area contributed by atoms with E-state index in [1.54, 1.807) is 0 Å². The molecule has 1 saturated carbocycles. The monoisotopic (exact) mass is 297 g/mol. The number of aliphatic imine (C=N–C) groups is 1. The molecule has 0 atom stereocenters. The second-order valence-electron chi connectivity index (χ2n) is 5.83. The van der Waals surface area contributed by atoms with Crippen LogP contribution in [-0.4, -0.2) is 62.6 Å². The van der Waals surface area contributed by atoms with Crippen molar-refractivity contribution in [2.75, 3.05) is 39.8 Å². The summed E-state index contributed by atoms with van der Waals surface area (Å²) in [5.74, 6) is 1.28. The Bertz CT molecular complexity index is 339. The predicted octanol–water partition coefficient (Wildman–Crippen LogP) is 0.408. The van der Waals surface area contributed by atoms with Crippen molar-refractivity contribution in [3.05, 3.63) is 0 Å². The van der Waals surface area contributed by atoms with Gasteiger partial charge in [0.25, 0.3) is 0 Å². The molecule has 0 aliphatic heterocycles. The van der Waals surface area contributed by atoms with Crippen LogP contribution in [0, 0.1) is 5.92 Å². The van der Waals surface area contributed by atoms with Crippen LogP contribution in [0.4, 0.5) is 0 Å². The standard InChI is InChI=1S/C15H31N5O/c1-5-16-15(19-10-11-20(4)12(2)3)18-9-8-17-14(21)13-6-7-13/h12-13H,5-11H2,1-4H3,(H,17,21)(H2,16,18,19).